The number of methoxy groups -OCH3 is 1. The van der Waals surface area contributed by atoms with E-state index in [4.69, 9.17) is 9.47 Å². The molecular formula is C23H21N5O3. The highest BCUT2D eigenvalue weighted by Crippen LogP contribution is 2.23. The third-order valence-corrected chi connectivity index (χ3v) is 4.42. The number of carbonyl (C=O) groups excluding carboxylic acids is 1. The van der Waals surface area contributed by atoms with Gasteiger partial charge in [-0.3, -0.25) is 4.79 Å². The third-order valence-electron chi connectivity index (χ3n) is 4.42. The molecule has 0 atom stereocenters. The van der Waals surface area contributed by atoms with Crippen LogP contribution in [0.1, 0.15) is 11.4 Å². The highest BCUT2D eigenvalue weighted by Gasteiger charge is 2.08. The Kier molecular flexibility index (Phi) is 5.89. The van der Waals surface area contributed by atoms with Crippen LogP contribution in [0.3, 0.4) is 0 Å². The monoisotopic (exact) mass is 415 g/mol. The maximum absolute atomic E-state index is 12.3. The molecule has 0 spiro atoms. The largest absolute Gasteiger partial charge is 0.497 e. The van der Waals surface area contributed by atoms with Crippen LogP contribution in [0, 0.1) is 6.92 Å². The molecule has 0 radical (unpaired) electrons. The zero-order valence-electron chi connectivity index (χ0n) is 17.1. The summed E-state index contributed by atoms with van der Waals surface area (Å²) in [5, 5.41) is 7.06. The first kappa shape index (κ1) is 20.1. The predicted octanol–water partition coefficient (Wildman–Crippen LogP) is 3.95. The van der Waals surface area contributed by atoms with Gasteiger partial charge in [0.05, 0.1) is 13.5 Å². The van der Waals surface area contributed by atoms with Crippen LogP contribution in [-0.2, 0) is 11.2 Å². The van der Waals surface area contributed by atoms with Gasteiger partial charge in [0.25, 0.3) is 0 Å². The molecule has 1 N–H and O–H groups in total. The molecule has 2 aromatic carbocycles. The van der Waals surface area contributed by atoms with Crippen LogP contribution in [-0.4, -0.2) is 32.8 Å². The zero-order valence-corrected chi connectivity index (χ0v) is 17.1. The molecule has 0 aliphatic rings. The molecule has 0 aliphatic carbocycles. The summed E-state index contributed by atoms with van der Waals surface area (Å²) in [6, 6.07) is 18.1. The van der Waals surface area contributed by atoms with E-state index in [-0.39, 0.29) is 12.3 Å². The number of hydrogen-bond donors (Lipinski definition) is 1. The number of aryl methyl sites for hydroxylation is 1. The molecule has 0 saturated heterocycles. The average Bonchev–Trinajstić information content (AvgIpc) is 3.30. The number of amides is 1. The van der Waals surface area contributed by atoms with E-state index in [2.05, 4.69) is 20.4 Å². The number of anilines is 1. The lowest BCUT2D eigenvalue weighted by atomic mass is 10.1. The van der Waals surface area contributed by atoms with Gasteiger partial charge in [0.15, 0.2) is 5.82 Å². The van der Waals surface area contributed by atoms with Crippen molar-refractivity contribution >= 4 is 11.6 Å². The van der Waals surface area contributed by atoms with Gasteiger partial charge in [0, 0.05) is 24.1 Å². The standard InChI is InChI=1S/C23H21N5O3/c1-16-25-21(28-13-3-12-24-28)15-23(26-16)31-20-10-6-18(7-11-20)27-22(29)14-17-4-8-19(30-2)9-5-17/h3-13,15H,14H2,1-2H3,(H,27,29). The van der Waals surface area contributed by atoms with Crippen LogP contribution >= 0.6 is 0 Å². The minimum atomic E-state index is -0.103. The van der Waals surface area contributed by atoms with E-state index in [0.29, 0.717) is 29.0 Å². The van der Waals surface area contributed by atoms with Gasteiger partial charge in [-0.2, -0.15) is 10.1 Å². The fourth-order valence-corrected chi connectivity index (χ4v) is 2.96. The molecule has 8 nitrogen and oxygen atoms in total. The van der Waals surface area contributed by atoms with Crippen molar-refractivity contribution in [2.45, 2.75) is 13.3 Å². The first-order valence-corrected chi connectivity index (χ1v) is 9.65. The molecular weight excluding hydrogens is 394 g/mol. The first-order valence-electron chi connectivity index (χ1n) is 9.65. The maximum atomic E-state index is 12.3. The van der Waals surface area contributed by atoms with Crippen molar-refractivity contribution in [3.63, 3.8) is 0 Å². The molecule has 8 heteroatoms. The summed E-state index contributed by atoms with van der Waals surface area (Å²) in [7, 11) is 1.61. The van der Waals surface area contributed by atoms with E-state index in [1.807, 2.05) is 30.3 Å². The third kappa shape index (κ3) is 5.24. The second kappa shape index (κ2) is 9.08. The second-order valence-corrected chi connectivity index (χ2v) is 6.76. The molecule has 156 valence electrons. The Balaban J connectivity index is 1.38. The smallest absolute Gasteiger partial charge is 0.228 e. The fraction of sp³-hybridized carbons (Fsp3) is 0.130. The number of aromatic nitrogens is 4. The van der Waals surface area contributed by atoms with Crippen molar-refractivity contribution in [3.8, 4) is 23.2 Å². The van der Waals surface area contributed by atoms with Gasteiger partial charge in [-0.15, -0.1) is 0 Å². The van der Waals surface area contributed by atoms with Crippen LogP contribution < -0.4 is 14.8 Å². The molecule has 1 amide bonds. The number of benzene rings is 2. The first-order chi connectivity index (χ1) is 15.1. The maximum Gasteiger partial charge on any atom is 0.228 e. The summed E-state index contributed by atoms with van der Waals surface area (Å²) >= 11 is 0. The number of rotatable bonds is 7. The Morgan fingerprint density at radius 1 is 1.03 bits per heavy atom. The van der Waals surface area contributed by atoms with E-state index in [9.17, 15) is 4.79 Å². The van der Waals surface area contributed by atoms with Gasteiger partial charge >= 0.3 is 0 Å². The summed E-state index contributed by atoms with van der Waals surface area (Å²) < 4.78 is 12.6. The minimum Gasteiger partial charge on any atom is -0.497 e. The Morgan fingerprint density at radius 3 is 2.45 bits per heavy atom. The van der Waals surface area contributed by atoms with Gasteiger partial charge in [-0.05, 0) is 55.0 Å². The molecule has 2 heterocycles. The highest BCUT2D eigenvalue weighted by atomic mass is 16.5. The van der Waals surface area contributed by atoms with Crippen LogP contribution in [0.5, 0.6) is 17.4 Å². The SMILES string of the molecule is COc1ccc(CC(=O)Nc2ccc(Oc3cc(-n4cccn4)nc(C)n3)cc2)cc1. The normalized spacial score (nSPS) is 10.5. The molecule has 0 aliphatic heterocycles. The van der Waals surface area contributed by atoms with Crippen molar-refractivity contribution in [3.05, 3.63) is 84.4 Å². The van der Waals surface area contributed by atoms with Crippen LogP contribution in [0.25, 0.3) is 5.82 Å². The number of carbonyl (C=O) groups is 1. The fourth-order valence-electron chi connectivity index (χ4n) is 2.96. The molecule has 0 bridgehead atoms. The Morgan fingerprint density at radius 2 is 1.77 bits per heavy atom. The van der Waals surface area contributed by atoms with Crippen molar-refractivity contribution in [2.24, 2.45) is 0 Å². The van der Waals surface area contributed by atoms with Crippen LogP contribution in [0.4, 0.5) is 5.69 Å². The Hall–Kier alpha value is -4.20. The highest BCUT2D eigenvalue weighted by molar-refractivity contribution is 5.92. The van der Waals surface area contributed by atoms with Crippen molar-refractivity contribution in [1.29, 1.82) is 0 Å². The van der Waals surface area contributed by atoms with Crippen molar-refractivity contribution in [1.82, 2.24) is 19.7 Å². The van der Waals surface area contributed by atoms with Gasteiger partial charge < -0.3 is 14.8 Å². The Labute approximate surface area is 179 Å². The summed E-state index contributed by atoms with van der Waals surface area (Å²) in [5.41, 5.74) is 1.59. The van der Waals surface area contributed by atoms with Gasteiger partial charge in [0.1, 0.15) is 17.3 Å². The predicted molar refractivity (Wildman–Crippen MR) is 116 cm³/mol. The quantitative estimate of drug-likeness (QED) is 0.491. The molecule has 4 aromatic rings. The van der Waals surface area contributed by atoms with E-state index in [0.717, 1.165) is 11.3 Å². The lowest BCUT2D eigenvalue weighted by Crippen LogP contribution is -2.14. The van der Waals surface area contributed by atoms with E-state index in [1.165, 1.54) is 0 Å². The van der Waals surface area contributed by atoms with Gasteiger partial charge in [0.2, 0.25) is 11.8 Å². The van der Waals surface area contributed by atoms with E-state index >= 15 is 0 Å². The summed E-state index contributed by atoms with van der Waals surface area (Å²) in [5.74, 6) is 2.86. The number of ether oxygens (including phenoxy) is 2. The Bertz CT molecular complexity index is 1160. The topological polar surface area (TPSA) is 91.2 Å². The van der Waals surface area contributed by atoms with Crippen molar-refractivity contribution < 1.29 is 14.3 Å². The number of nitrogens with one attached hydrogen (secondary N) is 1. The lowest BCUT2D eigenvalue weighted by Gasteiger charge is -2.09. The van der Waals surface area contributed by atoms with Gasteiger partial charge in [-0.1, -0.05) is 12.1 Å². The molecule has 0 fully saturated rings. The molecule has 0 unspecified atom stereocenters. The van der Waals surface area contributed by atoms with Gasteiger partial charge in [-0.25, -0.2) is 9.67 Å². The lowest BCUT2D eigenvalue weighted by molar-refractivity contribution is -0.115. The van der Waals surface area contributed by atoms with Crippen LogP contribution in [0.15, 0.2) is 73.1 Å². The number of nitrogens with zero attached hydrogens (tertiary/aromatic N) is 4. The minimum absolute atomic E-state index is 0.103. The van der Waals surface area contributed by atoms with Crippen LogP contribution in [0.2, 0.25) is 0 Å². The van der Waals surface area contributed by atoms with Crippen molar-refractivity contribution in [2.75, 3.05) is 12.4 Å². The molecule has 31 heavy (non-hydrogen) atoms. The average molecular weight is 415 g/mol. The summed E-state index contributed by atoms with van der Waals surface area (Å²) in [6.07, 6.45) is 3.76. The molecule has 2 aromatic heterocycles. The summed E-state index contributed by atoms with van der Waals surface area (Å²) in [4.78, 5) is 21.0. The van der Waals surface area contributed by atoms with E-state index < -0.39 is 0 Å². The summed E-state index contributed by atoms with van der Waals surface area (Å²) in [6.45, 7) is 1.79. The second-order valence-electron chi connectivity index (χ2n) is 6.76. The zero-order chi connectivity index (χ0) is 21.6. The molecule has 4 rings (SSSR count). The molecule has 0 saturated carbocycles. The number of hydrogen-bond acceptors (Lipinski definition) is 6. The van der Waals surface area contributed by atoms with E-state index in [1.54, 1.807) is 61.4 Å².